The Hall–Kier alpha value is -0.870. The van der Waals surface area contributed by atoms with Gasteiger partial charge in [-0.2, -0.15) is 0 Å². The molecule has 0 fully saturated rings. The van der Waals surface area contributed by atoms with E-state index in [1.807, 2.05) is 24.3 Å². The Morgan fingerprint density at radius 2 is 2.06 bits per heavy atom. The molecule has 1 unspecified atom stereocenters. The minimum absolute atomic E-state index is 0.319. The Kier molecular flexibility index (Phi) is 6.22. The highest BCUT2D eigenvalue weighted by Gasteiger charge is 2.18. The summed E-state index contributed by atoms with van der Waals surface area (Å²) in [5.41, 5.74) is 6.46. The molecule has 0 heterocycles. The number of carboxylic acid groups (broad SMARTS) is 1. The van der Waals surface area contributed by atoms with Crippen LogP contribution >= 0.6 is 15.9 Å². The van der Waals surface area contributed by atoms with Crippen molar-refractivity contribution in [3.63, 3.8) is 0 Å². The van der Waals surface area contributed by atoms with Crippen LogP contribution in [0.25, 0.3) is 0 Å². The van der Waals surface area contributed by atoms with Gasteiger partial charge in [-0.15, -0.1) is 0 Å². The summed E-state index contributed by atoms with van der Waals surface area (Å²) in [4.78, 5) is 11.2. The SMILES string of the molecule is NCCCCC(Cc1ccccc1Br)C(=O)O. The number of halogens is 1. The molecule has 0 aliphatic heterocycles. The highest BCUT2D eigenvalue weighted by atomic mass is 79.9. The van der Waals surface area contributed by atoms with E-state index in [1.54, 1.807) is 0 Å². The predicted molar refractivity (Wildman–Crippen MR) is 71.9 cm³/mol. The van der Waals surface area contributed by atoms with E-state index in [1.165, 1.54) is 0 Å². The van der Waals surface area contributed by atoms with Crippen LogP contribution in [0.15, 0.2) is 28.7 Å². The first-order valence-electron chi connectivity index (χ1n) is 5.81. The number of nitrogens with two attached hydrogens (primary N) is 1. The van der Waals surface area contributed by atoms with Crippen molar-refractivity contribution in [3.8, 4) is 0 Å². The second kappa shape index (κ2) is 7.45. The molecule has 1 aromatic carbocycles. The first-order chi connectivity index (χ1) is 8.15. The molecule has 0 spiro atoms. The topological polar surface area (TPSA) is 63.3 Å². The number of unbranched alkanes of at least 4 members (excludes halogenated alkanes) is 1. The van der Waals surface area contributed by atoms with Gasteiger partial charge in [0.2, 0.25) is 0 Å². The monoisotopic (exact) mass is 299 g/mol. The zero-order chi connectivity index (χ0) is 12.7. The number of rotatable bonds is 7. The molecule has 1 rings (SSSR count). The van der Waals surface area contributed by atoms with Crippen molar-refractivity contribution in [1.82, 2.24) is 0 Å². The third-order valence-electron chi connectivity index (χ3n) is 2.78. The van der Waals surface area contributed by atoms with Gasteiger partial charge >= 0.3 is 5.97 Å². The molecule has 0 amide bonds. The molecule has 0 bridgehead atoms. The molecule has 3 N–H and O–H groups in total. The quantitative estimate of drug-likeness (QED) is 0.761. The van der Waals surface area contributed by atoms with Gasteiger partial charge in [-0.25, -0.2) is 0 Å². The maximum atomic E-state index is 11.2. The Morgan fingerprint density at radius 1 is 1.35 bits per heavy atom. The van der Waals surface area contributed by atoms with Gasteiger partial charge in [0.1, 0.15) is 0 Å². The summed E-state index contributed by atoms with van der Waals surface area (Å²) < 4.78 is 0.977. The fourth-order valence-electron chi connectivity index (χ4n) is 1.78. The normalized spacial score (nSPS) is 12.4. The fraction of sp³-hybridized carbons (Fsp3) is 0.462. The van der Waals surface area contributed by atoms with Crippen molar-refractivity contribution in [2.75, 3.05) is 6.54 Å². The van der Waals surface area contributed by atoms with Crippen LogP contribution in [0, 0.1) is 5.92 Å². The Labute approximate surface area is 110 Å². The molecule has 1 aromatic rings. The van der Waals surface area contributed by atoms with E-state index in [0.29, 0.717) is 19.4 Å². The summed E-state index contributed by atoms with van der Waals surface area (Å²) >= 11 is 3.44. The van der Waals surface area contributed by atoms with Gasteiger partial charge in [-0.3, -0.25) is 4.79 Å². The van der Waals surface area contributed by atoms with E-state index in [-0.39, 0.29) is 5.92 Å². The third kappa shape index (κ3) is 4.88. The zero-order valence-electron chi connectivity index (χ0n) is 9.73. The van der Waals surface area contributed by atoms with Crippen LogP contribution in [-0.2, 0) is 11.2 Å². The molecule has 0 saturated heterocycles. The van der Waals surface area contributed by atoms with E-state index in [0.717, 1.165) is 22.9 Å². The summed E-state index contributed by atoms with van der Waals surface area (Å²) in [6, 6.07) is 7.76. The molecule has 0 saturated carbocycles. The fourth-order valence-corrected chi connectivity index (χ4v) is 2.22. The molecule has 0 aliphatic carbocycles. The lowest BCUT2D eigenvalue weighted by Gasteiger charge is -2.13. The van der Waals surface area contributed by atoms with E-state index in [9.17, 15) is 9.90 Å². The van der Waals surface area contributed by atoms with Crippen molar-refractivity contribution >= 4 is 21.9 Å². The molecule has 0 aromatic heterocycles. The lowest BCUT2D eigenvalue weighted by molar-refractivity contribution is -0.142. The van der Waals surface area contributed by atoms with Crippen LogP contribution in [0.1, 0.15) is 24.8 Å². The number of carboxylic acids is 1. The van der Waals surface area contributed by atoms with Gasteiger partial charge in [0.05, 0.1) is 5.92 Å². The van der Waals surface area contributed by atoms with Gasteiger partial charge in [0.25, 0.3) is 0 Å². The molecule has 1 atom stereocenters. The minimum Gasteiger partial charge on any atom is -0.481 e. The van der Waals surface area contributed by atoms with Crippen molar-refractivity contribution in [3.05, 3.63) is 34.3 Å². The predicted octanol–water partition coefficient (Wildman–Crippen LogP) is 2.82. The number of benzene rings is 1. The average Bonchev–Trinajstić information content (AvgIpc) is 2.30. The van der Waals surface area contributed by atoms with E-state index >= 15 is 0 Å². The number of hydrogen-bond donors (Lipinski definition) is 2. The summed E-state index contributed by atoms with van der Waals surface area (Å²) in [7, 11) is 0. The lowest BCUT2D eigenvalue weighted by Crippen LogP contribution is -2.17. The summed E-state index contributed by atoms with van der Waals surface area (Å²) in [5.74, 6) is -1.04. The first-order valence-corrected chi connectivity index (χ1v) is 6.60. The van der Waals surface area contributed by atoms with Crippen LogP contribution in [0.5, 0.6) is 0 Å². The van der Waals surface area contributed by atoms with Crippen LogP contribution in [0.2, 0.25) is 0 Å². The molecule has 3 nitrogen and oxygen atoms in total. The van der Waals surface area contributed by atoms with Gasteiger partial charge in [0.15, 0.2) is 0 Å². The molecule has 17 heavy (non-hydrogen) atoms. The first kappa shape index (κ1) is 14.2. The second-order valence-corrected chi connectivity index (χ2v) is 4.97. The highest BCUT2D eigenvalue weighted by Crippen LogP contribution is 2.22. The van der Waals surface area contributed by atoms with E-state index < -0.39 is 5.97 Å². The van der Waals surface area contributed by atoms with Gasteiger partial charge in [-0.1, -0.05) is 40.5 Å². The van der Waals surface area contributed by atoms with Crippen molar-refractivity contribution < 1.29 is 9.90 Å². The van der Waals surface area contributed by atoms with Gasteiger partial charge < -0.3 is 10.8 Å². The summed E-state index contributed by atoms with van der Waals surface area (Å²) in [5, 5.41) is 9.18. The minimum atomic E-state index is -0.724. The number of aliphatic carboxylic acids is 1. The highest BCUT2D eigenvalue weighted by molar-refractivity contribution is 9.10. The van der Waals surface area contributed by atoms with Crippen LogP contribution in [0.4, 0.5) is 0 Å². The Balaban J connectivity index is 2.61. The lowest BCUT2D eigenvalue weighted by atomic mass is 9.94. The number of hydrogen-bond acceptors (Lipinski definition) is 2. The van der Waals surface area contributed by atoms with Crippen LogP contribution in [0.3, 0.4) is 0 Å². The van der Waals surface area contributed by atoms with Gasteiger partial charge in [0, 0.05) is 4.47 Å². The van der Waals surface area contributed by atoms with Gasteiger partial charge in [-0.05, 0) is 37.4 Å². The van der Waals surface area contributed by atoms with Crippen LogP contribution < -0.4 is 5.73 Å². The number of carbonyl (C=O) groups is 1. The molecular weight excluding hydrogens is 282 g/mol. The zero-order valence-corrected chi connectivity index (χ0v) is 11.3. The largest absolute Gasteiger partial charge is 0.481 e. The van der Waals surface area contributed by atoms with Crippen molar-refractivity contribution in [1.29, 1.82) is 0 Å². The Bertz CT molecular complexity index is 368. The standard InChI is InChI=1S/C13H18BrNO2/c14-12-7-2-1-5-10(12)9-11(13(16)17)6-3-4-8-15/h1-2,5,7,11H,3-4,6,8-9,15H2,(H,16,17). The smallest absolute Gasteiger partial charge is 0.306 e. The van der Waals surface area contributed by atoms with Crippen molar-refractivity contribution in [2.45, 2.75) is 25.7 Å². The molecule has 94 valence electrons. The van der Waals surface area contributed by atoms with Crippen molar-refractivity contribution in [2.24, 2.45) is 11.7 Å². The molecule has 4 heteroatoms. The second-order valence-electron chi connectivity index (χ2n) is 4.12. The maximum Gasteiger partial charge on any atom is 0.306 e. The Morgan fingerprint density at radius 3 is 2.65 bits per heavy atom. The summed E-state index contributed by atoms with van der Waals surface area (Å²) in [6.45, 7) is 0.626. The van der Waals surface area contributed by atoms with E-state index in [4.69, 9.17) is 5.73 Å². The average molecular weight is 300 g/mol. The molecule has 0 aliphatic rings. The summed E-state index contributed by atoms with van der Waals surface area (Å²) in [6.07, 6.45) is 3.02. The molecular formula is C13H18BrNO2. The van der Waals surface area contributed by atoms with Crippen LogP contribution in [-0.4, -0.2) is 17.6 Å². The third-order valence-corrected chi connectivity index (χ3v) is 3.55. The maximum absolute atomic E-state index is 11.2. The van der Waals surface area contributed by atoms with E-state index in [2.05, 4.69) is 15.9 Å². The molecule has 0 radical (unpaired) electrons.